The quantitative estimate of drug-likeness (QED) is 0.899. The molecule has 0 saturated carbocycles. The molecule has 96 valence electrons. The van der Waals surface area contributed by atoms with E-state index in [2.05, 4.69) is 19.2 Å². The van der Waals surface area contributed by atoms with Crippen molar-refractivity contribution < 1.29 is 4.79 Å². The summed E-state index contributed by atoms with van der Waals surface area (Å²) in [5, 5.41) is 6.76. The van der Waals surface area contributed by atoms with Gasteiger partial charge in [0.15, 0.2) is 0 Å². The van der Waals surface area contributed by atoms with Crippen molar-refractivity contribution in [2.45, 2.75) is 12.7 Å². The topological polar surface area (TPSA) is 72.7 Å². The normalized spacial score (nSPS) is 10.6. The third-order valence-electron chi connectivity index (χ3n) is 2.21. The maximum atomic E-state index is 11.6. The van der Waals surface area contributed by atoms with Crippen LogP contribution in [0.1, 0.15) is 11.4 Å². The lowest BCUT2D eigenvalue weighted by atomic mass is 10.4. The Morgan fingerprint density at radius 3 is 3.00 bits per heavy atom. The van der Waals surface area contributed by atoms with Crippen LogP contribution >= 0.6 is 23.5 Å². The SMILES string of the molecule is Cc1nsnc1CSCC(=O)Nc1cnn(C)c1. The number of aromatic nitrogens is 4. The molecule has 6 nitrogen and oxygen atoms in total. The van der Waals surface area contributed by atoms with E-state index in [9.17, 15) is 4.79 Å². The van der Waals surface area contributed by atoms with Crippen LogP contribution in [-0.2, 0) is 17.6 Å². The second-order valence-electron chi connectivity index (χ2n) is 3.74. The van der Waals surface area contributed by atoms with E-state index in [1.165, 1.54) is 23.5 Å². The van der Waals surface area contributed by atoms with Crippen LogP contribution in [0.5, 0.6) is 0 Å². The van der Waals surface area contributed by atoms with Crippen molar-refractivity contribution in [1.29, 1.82) is 0 Å². The first-order chi connectivity index (χ1) is 8.65. The van der Waals surface area contributed by atoms with Crippen molar-refractivity contribution >= 4 is 35.1 Å². The molecule has 0 atom stereocenters. The van der Waals surface area contributed by atoms with Gasteiger partial charge >= 0.3 is 0 Å². The molecular formula is C10H13N5OS2. The van der Waals surface area contributed by atoms with Gasteiger partial charge in [0.25, 0.3) is 0 Å². The summed E-state index contributed by atoms with van der Waals surface area (Å²) < 4.78 is 9.90. The molecule has 0 aromatic carbocycles. The standard InChI is InChI=1S/C10H13N5OS2/c1-7-9(14-18-13-7)5-17-6-10(16)12-8-3-11-15(2)4-8/h3-4H,5-6H2,1-2H3,(H,12,16). The lowest BCUT2D eigenvalue weighted by Gasteiger charge is -2.01. The molecule has 0 unspecified atom stereocenters. The van der Waals surface area contributed by atoms with Gasteiger partial charge in [-0.1, -0.05) is 0 Å². The van der Waals surface area contributed by atoms with E-state index in [0.29, 0.717) is 11.5 Å². The average Bonchev–Trinajstić information content (AvgIpc) is 2.89. The second kappa shape index (κ2) is 5.96. The molecule has 1 amide bonds. The van der Waals surface area contributed by atoms with Crippen molar-refractivity contribution in [3.05, 3.63) is 23.8 Å². The van der Waals surface area contributed by atoms with E-state index >= 15 is 0 Å². The summed E-state index contributed by atoms with van der Waals surface area (Å²) in [6.45, 7) is 1.93. The lowest BCUT2D eigenvalue weighted by Crippen LogP contribution is -2.13. The molecule has 2 aromatic heterocycles. The molecule has 2 rings (SSSR count). The van der Waals surface area contributed by atoms with Crippen molar-refractivity contribution in [3.8, 4) is 0 Å². The first-order valence-electron chi connectivity index (χ1n) is 5.29. The summed E-state index contributed by atoms with van der Waals surface area (Å²) in [6.07, 6.45) is 3.38. The molecule has 0 saturated heterocycles. The molecule has 0 radical (unpaired) electrons. The highest BCUT2D eigenvalue weighted by Gasteiger charge is 2.07. The maximum absolute atomic E-state index is 11.6. The van der Waals surface area contributed by atoms with Crippen molar-refractivity contribution in [1.82, 2.24) is 18.5 Å². The Morgan fingerprint density at radius 2 is 2.39 bits per heavy atom. The van der Waals surface area contributed by atoms with E-state index in [-0.39, 0.29) is 5.91 Å². The smallest absolute Gasteiger partial charge is 0.234 e. The lowest BCUT2D eigenvalue weighted by molar-refractivity contribution is -0.113. The van der Waals surface area contributed by atoms with Gasteiger partial charge in [-0.05, 0) is 6.92 Å². The molecule has 0 spiro atoms. The van der Waals surface area contributed by atoms with Crippen LogP contribution in [0.15, 0.2) is 12.4 Å². The molecule has 0 aliphatic heterocycles. The molecule has 0 aliphatic carbocycles. The van der Waals surface area contributed by atoms with Gasteiger partial charge in [0, 0.05) is 19.0 Å². The number of carbonyl (C=O) groups is 1. The Morgan fingerprint density at radius 1 is 1.56 bits per heavy atom. The molecule has 0 aliphatic rings. The number of hydrogen-bond donors (Lipinski definition) is 1. The summed E-state index contributed by atoms with van der Waals surface area (Å²) >= 11 is 2.73. The summed E-state index contributed by atoms with van der Waals surface area (Å²) in [6, 6.07) is 0. The van der Waals surface area contributed by atoms with Gasteiger partial charge in [0.1, 0.15) is 0 Å². The predicted octanol–water partition coefficient (Wildman–Crippen LogP) is 1.45. The highest BCUT2D eigenvalue weighted by molar-refractivity contribution is 7.99. The fourth-order valence-electron chi connectivity index (χ4n) is 1.30. The van der Waals surface area contributed by atoms with Crippen molar-refractivity contribution in [2.75, 3.05) is 11.1 Å². The summed E-state index contributed by atoms with van der Waals surface area (Å²) in [5.41, 5.74) is 2.62. The summed E-state index contributed by atoms with van der Waals surface area (Å²) in [7, 11) is 1.81. The molecule has 0 bridgehead atoms. The van der Waals surface area contributed by atoms with Gasteiger partial charge < -0.3 is 5.32 Å². The third kappa shape index (κ3) is 3.54. The van der Waals surface area contributed by atoms with Crippen LogP contribution in [0, 0.1) is 6.92 Å². The van der Waals surface area contributed by atoms with E-state index in [1.807, 2.05) is 14.0 Å². The number of hydrogen-bond acceptors (Lipinski definition) is 6. The van der Waals surface area contributed by atoms with Crippen LogP contribution in [0.2, 0.25) is 0 Å². The van der Waals surface area contributed by atoms with E-state index in [0.717, 1.165) is 17.1 Å². The number of aryl methyl sites for hydroxylation is 2. The van der Waals surface area contributed by atoms with Crippen molar-refractivity contribution in [2.24, 2.45) is 7.05 Å². The second-order valence-corrected chi connectivity index (χ2v) is 5.25. The Bertz CT molecular complexity index is 536. The Balaban J connectivity index is 1.74. The van der Waals surface area contributed by atoms with E-state index in [4.69, 9.17) is 0 Å². The van der Waals surface area contributed by atoms with Gasteiger partial charge in [0.05, 0.1) is 40.8 Å². The zero-order chi connectivity index (χ0) is 13.0. The van der Waals surface area contributed by atoms with Crippen LogP contribution in [0.4, 0.5) is 5.69 Å². The molecule has 18 heavy (non-hydrogen) atoms. The third-order valence-corrected chi connectivity index (χ3v) is 3.81. The zero-order valence-electron chi connectivity index (χ0n) is 10.1. The highest BCUT2D eigenvalue weighted by atomic mass is 32.2. The Hall–Kier alpha value is -1.41. The first kappa shape index (κ1) is 13.0. The van der Waals surface area contributed by atoms with Crippen LogP contribution in [0.25, 0.3) is 0 Å². The molecule has 8 heteroatoms. The summed E-state index contributed by atoms with van der Waals surface area (Å²) in [4.78, 5) is 11.6. The van der Waals surface area contributed by atoms with Gasteiger partial charge in [-0.3, -0.25) is 9.48 Å². The minimum Gasteiger partial charge on any atom is -0.323 e. The number of nitrogens with zero attached hydrogens (tertiary/aromatic N) is 4. The van der Waals surface area contributed by atoms with Gasteiger partial charge in [-0.15, -0.1) is 11.8 Å². The minimum atomic E-state index is -0.0335. The molecule has 0 fully saturated rings. The number of carbonyl (C=O) groups excluding carboxylic acids is 1. The molecule has 2 aromatic rings. The first-order valence-corrected chi connectivity index (χ1v) is 7.18. The van der Waals surface area contributed by atoms with Crippen LogP contribution in [0.3, 0.4) is 0 Å². The fraction of sp³-hybridized carbons (Fsp3) is 0.400. The zero-order valence-corrected chi connectivity index (χ0v) is 11.7. The van der Waals surface area contributed by atoms with Gasteiger partial charge in [-0.2, -0.15) is 13.8 Å². The maximum Gasteiger partial charge on any atom is 0.234 e. The monoisotopic (exact) mass is 283 g/mol. The largest absolute Gasteiger partial charge is 0.323 e. The molecule has 2 heterocycles. The van der Waals surface area contributed by atoms with Gasteiger partial charge in [-0.25, -0.2) is 0 Å². The number of anilines is 1. The number of amides is 1. The summed E-state index contributed by atoms with van der Waals surface area (Å²) in [5.74, 6) is 1.07. The van der Waals surface area contributed by atoms with E-state index < -0.39 is 0 Å². The van der Waals surface area contributed by atoms with Gasteiger partial charge in [0.2, 0.25) is 5.91 Å². The molecule has 1 N–H and O–H groups in total. The Labute approximate surface area is 113 Å². The van der Waals surface area contributed by atoms with Crippen LogP contribution in [-0.4, -0.2) is 30.2 Å². The average molecular weight is 283 g/mol. The van der Waals surface area contributed by atoms with Crippen LogP contribution < -0.4 is 5.32 Å². The number of thioether (sulfide) groups is 1. The number of nitrogens with one attached hydrogen (secondary N) is 1. The fourth-order valence-corrected chi connectivity index (χ4v) is 2.78. The molecular weight excluding hydrogens is 270 g/mol. The minimum absolute atomic E-state index is 0.0335. The van der Waals surface area contributed by atoms with E-state index in [1.54, 1.807) is 17.1 Å². The highest BCUT2D eigenvalue weighted by Crippen LogP contribution is 2.14. The van der Waals surface area contributed by atoms with Crippen molar-refractivity contribution in [3.63, 3.8) is 0 Å². The Kier molecular flexibility index (Phi) is 4.32. The predicted molar refractivity (Wildman–Crippen MR) is 72.6 cm³/mol. The number of rotatable bonds is 5.